The molecule has 1 aliphatic rings. The SMILES string of the molecule is CC1=C(C(=O)NCc2cc(C(F)(F)F)ccc2OC(C)(C)C)CCCN(C(C)C)CCCOC1=O. The van der Waals surface area contributed by atoms with Crippen molar-refractivity contribution in [1.29, 1.82) is 0 Å². The van der Waals surface area contributed by atoms with Crippen LogP contribution < -0.4 is 10.1 Å². The second-order valence-electron chi connectivity index (χ2n) is 10.0. The number of rotatable bonds is 5. The van der Waals surface area contributed by atoms with Gasteiger partial charge in [0.25, 0.3) is 0 Å². The van der Waals surface area contributed by atoms with E-state index < -0.39 is 29.2 Å². The molecule has 0 saturated carbocycles. The molecule has 0 aromatic heterocycles. The van der Waals surface area contributed by atoms with E-state index >= 15 is 0 Å². The minimum absolute atomic E-state index is 0.182. The zero-order valence-corrected chi connectivity index (χ0v) is 21.5. The van der Waals surface area contributed by atoms with Gasteiger partial charge in [-0.1, -0.05) is 0 Å². The smallest absolute Gasteiger partial charge is 0.416 e. The molecule has 1 aromatic carbocycles. The standard InChI is InChI=1S/C26H37F3N2O4/c1-17(2)31-12-7-9-21(18(3)24(33)34-14-8-13-31)23(32)30-16-19-15-20(26(27,28)29)10-11-22(19)35-25(4,5)6/h10-11,15,17H,7-9,12-14,16H2,1-6H3,(H,30,32). The molecule has 9 heteroatoms. The van der Waals surface area contributed by atoms with E-state index in [1.54, 1.807) is 27.7 Å². The Kier molecular flexibility index (Phi) is 9.77. The molecule has 0 fully saturated rings. The van der Waals surface area contributed by atoms with Crippen LogP contribution in [0.15, 0.2) is 29.3 Å². The van der Waals surface area contributed by atoms with Crippen LogP contribution in [0.3, 0.4) is 0 Å². The van der Waals surface area contributed by atoms with Crippen molar-refractivity contribution < 1.29 is 32.2 Å². The molecule has 2 rings (SSSR count). The van der Waals surface area contributed by atoms with E-state index in [4.69, 9.17) is 9.47 Å². The number of carbonyl (C=O) groups is 2. The second kappa shape index (κ2) is 11.9. The summed E-state index contributed by atoms with van der Waals surface area (Å²) in [6.07, 6.45) is -2.82. The van der Waals surface area contributed by atoms with Gasteiger partial charge in [0.15, 0.2) is 0 Å². The Morgan fingerprint density at radius 2 is 1.83 bits per heavy atom. The normalized spacial score (nSPS) is 17.1. The van der Waals surface area contributed by atoms with E-state index in [1.807, 2.05) is 0 Å². The second-order valence-corrected chi connectivity index (χ2v) is 10.0. The fraction of sp³-hybridized carbons (Fsp3) is 0.615. The summed E-state index contributed by atoms with van der Waals surface area (Å²) in [5, 5.41) is 2.69. The topological polar surface area (TPSA) is 67.9 Å². The van der Waals surface area contributed by atoms with E-state index in [0.717, 1.165) is 25.2 Å². The molecule has 0 radical (unpaired) electrons. The first-order valence-corrected chi connectivity index (χ1v) is 12.0. The van der Waals surface area contributed by atoms with Crippen molar-refractivity contribution in [2.24, 2.45) is 0 Å². The van der Waals surface area contributed by atoms with Crippen LogP contribution in [-0.2, 0) is 27.0 Å². The first kappa shape index (κ1) is 28.7. The average molecular weight is 499 g/mol. The molecule has 0 spiro atoms. The number of halogens is 3. The van der Waals surface area contributed by atoms with Crippen LogP contribution in [-0.4, -0.2) is 48.1 Å². The lowest BCUT2D eigenvalue weighted by Crippen LogP contribution is -2.33. The van der Waals surface area contributed by atoms with Gasteiger partial charge in [0, 0.05) is 35.8 Å². The van der Waals surface area contributed by atoms with Crippen molar-refractivity contribution in [3.8, 4) is 5.75 Å². The maximum atomic E-state index is 13.3. The highest BCUT2D eigenvalue weighted by atomic mass is 19.4. The Bertz CT molecular complexity index is 934. The molecule has 0 aliphatic carbocycles. The van der Waals surface area contributed by atoms with Gasteiger partial charge in [-0.2, -0.15) is 13.2 Å². The maximum Gasteiger partial charge on any atom is 0.416 e. The number of carbonyl (C=O) groups excluding carboxylic acids is 2. The third-order valence-corrected chi connectivity index (χ3v) is 5.70. The number of benzene rings is 1. The number of nitrogens with zero attached hydrogens (tertiary/aromatic N) is 1. The highest BCUT2D eigenvalue weighted by molar-refractivity contribution is 6.02. The van der Waals surface area contributed by atoms with Crippen LogP contribution in [0.5, 0.6) is 5.75 Å². The van der Waals surface area contributed by atoms with Crippen molar-refractivity contribution in [1.82, 2.24) is 10.2 Å². The predicted molar refractivity (Wildman–Crippen MR) is 128 cm³/mol. The number of alkyl halides is 3. The third kappa shape index (κ3) is 8.87. The molecule has 1 N–H and O–H groups in total. The summed E-state index contributed by atoms with van der Waals surface area (Å²) in [7, 11) is 0. The Morgan fingerprint density at radius 3 is 2.43 bits per heavy atom. The summed E-state index contributed by atoms with van der Waals surface area (Å²) in [5.41, 5.74) is -0.766. The van der Waals surface area contributed by atoms with Gasteiger partial charge in [-0.3, -0.25) is 4.79 Å². The summed E-state index contributed by atoms with van der Waals surface area (Å²) in [6.45, 7) is 12.7. The van der Waals surface area contributed by atoms with E-state index in [-0.39, 0.29) is 35.6 Å². The first-order chi connectivity index (χ1) is 16.2. The van der Waals surface area contributed by atoms with E-state index in [0.29, 0.717) is 25.3 Å². The molecule has 0 unspecified atom stereocenters. The molecule has 1 heterocycles. The quantitative estimate of drug-likeness (QED) is 0.562. The lowest BCUT2D eigenvalue weighted by molar-refractivity contribution is -0.139. The molecule has 6 nitrogen and oxygen atoms in total. The monoisotopic (exact) mass is 498 g/mol. The fourth-order valence-corrected chi connectivity index (χ4v) is 3.83. The third-order valence-electron chi connectivity index (χ3n) is 5.70. The number of cyclic esters (lactones) is 1. The van der Waals surface area contributed by atoms with Gasteiger partial charge in [-0.05, 0) is 85.5 Å². The first-order valence-electron chi connectivity index (χ1n) is 12.0. The molecule has 1 aliphatic heterocycles. The van der Waals surface area contributed by atoms with Crippen molar-refractivity contribution in [2.45, 2.75) is 85.2 Å². The number of nitrogens with one attached hydrogen (secondary N) is 1. The highest BCUT2D eigenvalue weighted by Gasteiger charge is 2.31. The molecular weight excluding hydrogens is 461 g/mol. The molecule has 0 atom stereocenters. The van der Waals surface area contributed by atoms with E-state index in [2.05, 4.69) is 24.1 Å². The van der Waals surface area contributed by atoms with E-state index in [1.165, 1.54) is 6.07 Å². The van der Waals surface area contributed by atoms with Gasteiger partial charge >= 0.3 is 12.1 Å². The Hall–Kier alpha value is -2.55. The minimum Gasteiger partial charge on any atom is -0.488 e. The molecule has 1 aromatic rings. The summed E-state index contributed by atoms with van der Waals surface area (Å²) < 4.78 is 51.1. The van der Waals surface area contributed by atoms with Crippen LogP contribution in [0.25, 0.3) is 0 Å². The Balaban J connectivity index is 2.27. The summed E-state index contributed by atoms with van der Waals surface area (Å²) in [5.74, 6) is -0.802. The number of hydrogen-bond donors (Lipinski definition) is 1. The largest absolute Gasteiger partial charge is 0.488 e. The van der Waals surface area contributed by atoms with Crippen LogP contribution in [0.4, 0.5) is 13.2 Å². The van der Waals surface area contributed by atoms with Gasteiger partial charge in [0.05, 0.1) is 12.2 Å². The molecular formula is C26H37F3N2O4. The van der Waals surface area contributed by atoms with Crippen LogP contribution in [0.1, 0.15) is 71.9 Å². The van der Waals surface area contributed by atoms with Crippen molar-refractivity contribution in [2.75, 3.05) is 19.7 Å². The number of esters is 1. The predicted octanol–water partition coefficient (Wildman–Crippen LogP) is 5.25. The lowest BCUT2D eigenvalue weighted by Gasteiger charge is -2.26. The van der Waals surface area contributed by atoms with Crippen molar-refractivity contribution >= 4 is 11.9 Å². The van der Waals surface area contributed by atoms with Crippen molar-refractivity contribution in [3.63, 3.8) is 0 Å². The highest BCUT2D eigenvalue weighted by Crippen LogP contribution is 2.33. The molecule has 1 amide bonds. The zero-order valence-electron chi connectivity index (χ0n) is 21.5. The summed E-state index contributed by atoms with van der Waals surface area (Å²) in [6, 6.07) is 3.52. The summed E-state index contributed by atoms with van der Waals surface area (Å²) >= 11 is 0. The fourth-order valence-electron chi connectivity index (χ4n) is 3.83. The van der Waals surface area contributed by atoms with Gasteiger partial charge in [-0.15, -0.1) is 0 Å². The van der Waals surface area contributed by atoms with Crippen LogP contribution >= 0.6 is 0 Å². The van der Waals surface area contributed by atoms with Gasteiger partial charge < -0.3 is 19.7 Å². The average Bonchev–Trinajstić information content (AvgIpc) is 2.77. The molecule has 35 heavy (non-hydrogen) atoms. The number of hydrogen-bond acceptors (Lipinski definition) is 5. The Morgan fingerprint density at radius 1 is 1.17 bits per heavy atom. The van der Waals surface area contributed by atoms with Gasteiger partial charge in [0.2, 0.25) is 5.91 Å². The van der Waals surface area contributed by atoms with Gasteiger partial charge in [-0.25, -0.2) is 4.79 Å². The van der Waals surface area contributed by atoms with Gasteiger partial charge in [0.1, 0.15) is 11.4 Å². The summed E-state index contributed by atoms with van der Waals surface area (Å²) in [4.78, 5) is 27.9. The van der Waals surface area contributed by atoms with Crippen LogP contribution in [0.2, 0.25) is 0 Å². The molecule has 0 saturated heterocycles. The lowest BCUT2D eigenvalue weighted by atomic mass is 10.0. The van der Waals surface area contributed by atoms with Crippen molar-refractivity contribution in [3.05, 3.63) is 40.5 Å². The molecule has 196 valence electrons. The molecule has 0 bridgehead atoms. The Labute approximate surface area is 205 Å². The minimum atomic E-state index is -4.53. The van der Waals surface area contributed by atoms with Crippen LogP contribution in [0, 0.1) is 0 Å². The number of ether oxygens (including phenoxy) is 2. The number of amides is 1. The maximum absolute atomic E-state index is 13.3. The van der Waals surface area contributed by atoms with E-state index in [9.17, 15) is 22.8 Å². The zero-order chi connectivity index (χ0) is 26.4.